The standard InChI is InChI=1S/C5H9NO2/c6-5(8)4-1-3(4)2-7/h3-4,7H,1-2H2,(H2,6,8)/t3-,4-/m0/s1. The van der Waals surface area contributed by atoms with E-state index in [2.05, 4.69) is 0 Å². The third-order valence-corrected chi connectivity index (χ3v) is 1.52. The maximum absolute atomic E-state index is 10.2. The third-order valence-electron chi connectivity index (χ3n) is 1.52. The van der Waals surface area contributed by atoms with Crippen LogP contribution in [-0.2, 0) is 4.79 Å². The lowest BCUT2D eigenvalue weighted by Crippen LogP contribution is -2.14. The molecular formula is C5H9NO2. The highest BCUT2D eigenvalue weighted by Gasteiger charge is 2.40. The van der Waals surface area contributed by atoms with E-state index < -0.39 is 0 Å². The second-order valence-electron chi connectivity index (χ2n) is 2.19. The molecule has 0 unspecified atom stereocenters. The third kappa shape index (κ3) is 0.816. The largest absolute Gasteiger partial charge is 0.396 e. The Hall–Kier alpha value is -0.570. The lowest BCUT2D eigenvalue weighted by atomic mass is 10.3. The lowest BCUT2D eigenvalue weighted by Gasteiger charge is -1.85. The van der Waals surface area contributed by atoms with Crippen molar-refractivity contribution in [2.24, 2.45) is 17.6 Å². The van der Waals surface area contributed by atoms with Gasteiger partial charge in [-0.3, -0.25) is 4.79 Å². The number of rotatable bonds is 2. The van der Waals surface area contributed by atoms with E-state index in [-0.39, 0.29) is 24.3 Å². The van der Waals surface area contributed by atoms with E-state index in [1.165, 1.54) is 0 Å². The number of nitrogens with two attached hydrogens (primary N) is 1. The maximum Gasteiger partial charge on any atom is 0.220 e. The molecule has 1 aliphatic rings. The van der Waals surface area contributed by atoms with Gasteiger partial charge in [0.05, 0.1) is 0 Å². The van der Waals surface area contributed by atoms with E-state index in [0.29, 0.717) is 0 Å². The van der Waals surface area contributed by atoms with E-state index in [1.54, 1.807) is 0 Å². The summed E-state index contributed by atoms with van der Waals surface area (Å²) in [6, 6.07) is 0. The number of aliphatic hydroxyl groups is 1. The fraction of sp³-hybridized carbons (Fsp3) is 0.800. The van der Waals surface area contributed by atoms with Gasteiger partial charge >= 0.3 is 0 Å². The molecule has 0 aromatic heterocycles. The predicted molar refractivity (Wildman–Crippen MR) is 27.9 cm³/mol. The molecular weight excluding hydrogens is 106 g/mol. The van der Waals surface area contributed by atoms with Crippen LogP contribution in [0, 0.1) is 11.8 Å². The van der Waals surface area contributed by atoms with Gasteiger partial charge in [0, 0.05) is 12.5 Å². The highest BCUT2D eigenvalue weighted by molar-refractivity contribution is 5.79. The minimum absolute atomic E-state index is 0.0278. The van der Waals surface area contributed by atoms with Crippen LogP contribution in [0.5, 0.6) is 0 Å². The van der Waals surface area contributed by atoms with Crippen molar-refractivity contribution < 1.29 is 9.90 Å². The van der Waals surface area contributed by atoms with Gasteiger partial charge in [-0.05, 0) is 12.3 Å². The first-order valence-corrected chi connectivity index (χ1v) is 2.66. The molecule has 1 aliphatic carbocycles. The summed E-state index contributed by atoms with van der Waals surface area (Å²) in [5.74, 6) is -0.128. The van der Waals surface area contributed by atoms with Crippen LogP contribution in [-0.4, -0.2) is 17.6 Å². The molecule has 0 aliphatic heterocycles. The van der Waals surface area contributed by atoms with Gasteiger partial charge < -0.3 is 10.8 Å². The normalized spacial score (nSPS) is 34.6. The summed E-state index contributed by atoms with van der Waals surface area (Å²) < 4.78 is 0. The second kappa shape index (κ2) is 1.74. The monoisotopic (exact) mass is 115 g/mol. The molecule has 0 heterocycles. The number of amides is 1. The highest BCUT2D eigenvalue weighted by atomic mass is 16.3. The fourth-order valence-corrected chi connectivity index (χ4v) is 0.798. The Bertz CT molecular complexity index is 113. The smallest absolute Gasteiger partial charge is 0.220 e. The van der Waals surface area contributed by atoms with E-state index >= 15 is 0 Å². The van der Waals surface area contributed by atoms with Gasteiger partial charge in [0.25, 0.3) is 0 Å². The number of hydrogen-bond donors (Lipinski definition) is 2. The van der Waals surface area contributed by atoms with Gasteiger partial charge in [-0.2, -0.15) is 0 Å². The second-order valence-corrected chi connectivity index (χ2v) is 2.19. The first kappa shape index (κ1) is 5.56. The van der Waals surface area contributed by atoms with Crippen molar-refractivity contribution >= 4 is 5.91 Å². The zero-order valence-electron chi connectivity index (χ0n) is 4.50. The van der Waals surface area contributed by atoms with E-state index in [9.17, 15) is 4.79 Å². The Balaban J connectivity index is 2.26. The zero-order chi connectivity index (χ0) is 6.15. The summed E-state index contributed by atoms with van der Waals surface area (Å²) in [5, 5.41) is 8.42. The molecule has 0 aromatic carbocycles. The Morgan fingerprint density at radius 1 is 1.88 bits per heavy atom. The van der Waals surface area contributed by atoms with Crippen molar-refractivity contribution in [3.05, 3.63) is 0 Å². The van der Waals surface area contributed by atoms with Crippen LogP contribution in [0.2, 0.25) is 0 Å². The van der Waals surface area contributed by atoms with Gasteiger partial charge in [-0.15, -0.1) is 0 Å². The van der Waals surface area contributed by atoms with Crippen LogP contribution in [0.3, 0.4) is 0 Å². The van der Waals surface area contributed by atoms with E-state index in [1.807, 2.05) is 0 Å². The van der Waals surface area contributed by atoms with Gasteiger partial charge in [0.15, 0.2) is 0 Å². The summed E-state index contributed by atoms with van der Waals surface area (Å²) in [6.45, 7) is 0.105. The summed E-state index contributed by atoms with van der Waals surface area (Å²) in [7, 11) is 0. The summed E-state index contributed by atoms with van der Waals surface area (Å²) in [6.07, 6.45) is 0.784. The van der Waals surface area contributed by atoms with E-state index in [0.717, 1.165) is 6.42 Å². The number of carbonyl (C=O) groups excluding carboxylic acids is 1. The summed E-state index contributed by atoms with van der Waals surface area (Å²) in [5.41, 5.74) is 4.91. The molecule has 1 fully saturated rings. The molecule has 3 N–H and O–H groups in total. The maximum atomic E-state index is 10.2. The number of primary amides is 1. The molecule has 1 saturated carbocycles. The van der Waals surface area contributed by atoms with Gasteiger partial charge in [0.2, 0.25) is 5.91 Å². The predicted octanol–water partition coefficient (Wildman–Crippen LogP) is -0.900. The molecule has 1 amide bonds. The molecule has 0 saturated heterocycles. The molecule has 0 spiro atoms. The minimum Gasteiger partial charge on any atom is -0.396 e. The first-order valence-electron chi connectivity index (χ1n) is 2.66. The van der Waals surface area contributed by atoms with Crippen LogP contribution in [0.4, 0.5) is 0 Å². The van der Waals surface area contributed by atoms with Crippen molar-refractivity contribution in [1.82, 2.24) is 0 Å². The minimum atomic E-state index is -0.274. The molecule has 0 bridgehead atoms. The Morgan fingerprint density at radius 2 is 2.50 bits per heavy atom. The van der Waals surface area contributed by atoms with Crippen molar-refractivity contribution in [2.45, 2.75) is 6.42 Å². The Kier molecular flexibility index (Phi) is 1.21. The van der Waals surface area contributed by atoms with Crippen molar-refractivity contribution in [2.75, 3.05) is 6.61 Å². The van der Waals surface area contributed by atoms with Crippen LogP contribution in [0.25, 0.3) is 0 Å². The van der Waals surface area contributed by atoms with Crippen molar-refractivity contribution in [3.63, 3.8) is 0 Å². The number of carbonyl (C=O) groups is 1. The first-order chi connectivity index (χ1) is 3.75. The number of hydrogen-bond acceptors (Lipinski definition) is 2. The van der Waals surface area contributed by atoms with Gasteiger partial charge in [0.1, 0.15) is 0 Å². The van der Waals surface area contributed by atoms with Crippen LogP contribution >= 0.6 is 0 Å². The molecule has 3 nitrogen and oxygen atoms in total. The average molecular weight is 115 g/mol. The Morgan fingerprint density at radius 3 is 2.62 bits per heavy atom. The molecule has 1 rings (SSSR count). The molecule has 0 radical (unpaired) electrons. The van der Waals surface area contributed by atoms with Crippen molar-refractivity contribution in [3.8, 4) is 0 Å². The summed E-state index contributed by atoms with van der Waals surface area (Å²) in [4.78, 5) is 10.2. The summed E-state index contributed by atoms with van der Waals surface area (Å²) >= 11 is 0. The SMILES string of the molecule is NC(=O)[C@H]1C[C@H]1CO. The fourth-order valence-electron chi connectivity index (χ4n) is 0.798. The highest BCUT2D eigenvalue weighted by Crippen LogP contribution is 2.36. The number of aliphatic hydroxyl groups excluding tert-OH is 1. The van der Waals surface area contributed by atoms with E-state index in [4.69, 9.17) is 10.8 Å². The Labute approximate surface area is 47.5 Å². The zero-order valence-corrected chi connectivity index (χ0v) is 4.50. The average Bonchev–Trinajstić information content (AvgIpc) is 2.42. The topological polar surface area (TPSA) is 63.3 Å². The van der Waals surface area contributed by atoms with Crippen molar-refractivity contribution in [1.29, 1.82) is 0 Å². The van der Waals surface area contributed by atoms with Crippen LogP contribution < -0.4 is 5.73 Å². The molecule has 46 valence electrons. The van der Waals surface area contributed by atoms with Gasteiger partial charge in [-0.25, -0.2) is 0 Å². The van der Waals surface area contributed by atoms with Crippen LogP contribution in [0.15, 0.2) is 0 Å². The van der Waals surface area contributed by atoms with Crippen LogP contribution in [0.1, 0.15) is 6.42 Å². The lowest BCUT2D eigenvalue weighted by molar-refractivity contribution is -0.119. The quantitative estimate of drug-likeness (QED) is 0.490. The molecule has 3 heteroatoms. The molecule has 0 aromatic rings. The molecule has 2 atom stereocenters. The van der Waals surface area contributed by atoms with Gasteiger partial charge in [-0.1, -0.05) is 0 Å². The molecule has 8 heavy (non-hydrogen) atoms.